The third-order valence-electron chi connectivity index (χ3n) is 8.75. The molecule has 0 bridgehead atoms. The molecule has 2 aromatic carbocycles. The summed E-state index contributed by atoms with van der Waals surface area (Å²) in [7, 11) is -3.97. The van der Waals surface area contributed by atoms with Crippen molar-refractivity contribution in [2.24, 2.45) is 11.8 Å². The number of carbonyl (C=O) groups excluding carboxylic acids is 1. The molecule has 2 aromatic rings. The summed E-state index contributed by atoms with van der Waals surface area (Å²) in [4.78, 5) is 15.6. The Hall–Kier alpha value is -2.86. The molecule has 0 unspecified atom stereocenters. The molecule has 1 amide bonds. The maximum absolute atomic E-state index is 13.9. The van der Waals surface area contributed by atoms with Gasteiger partial charge in [-0.3, -0.25) is 9.69 Å². The van der Waals surface area contributed by atoms with Gasteiger partial charge in [-0.25, -0.2) is 8.42 Å². The van der Waals surface area contributed by atoms with Crippen LogP contribution in [-0.4, -0.2) is 79.3 Å². The number of nitrogens with one attached hydrogen (secondary N) is 1. The van der Waals surface area contributed by atoms with Gasteiger partial charge in [-0.2, -0.15) is 4.31 Å². The van der Waals surface area contributed by atoms with Crippen LogP contribution < -0.4 is 20.5 Å². The third-order valence-corrected chi connectivity index (χ3v) is 10.6. The Kier molecular flexibility index (Phi) is 9.55. The van der Waals surface area contributed by atoms with E-state index in [0.717, 1.165) is 31.4 Å². The Labute approximate surface area is 255 Å². The zero-order valence-electron chi connectivity index (χ0n) is 25.5. The van der Waals surface area contributed by atoms with Gasteiger partial charge in [-0.05, 0) is 87.8 Å². The fourth-order valence-corrected chi connectivity index (χ4v) is 8.21. The highest BCUT2D eigenvalue weighted by Gasteiger charge is 2.41. The molecule has 1 aliphatic carbocycles. The molecule has 2 fully saturated rings. The first-order chi connectivity index (χ1) is 20.4. The average molecular weight is 615 g/mol. The van der Waals surface area contributed by atoms with E-state index in [-0.39, 0.29) is 48.8 Å². The summed E-state index contributed by atoms with van der Waals surface area (Å²) in [5.41, 5.74) is 6.80. The van der Waals surface area contributed by atoms with Crippen LogP contribution in [0.1, 0.15) is 58.4 Å². The summed E-state index contributed by atoms with van der Waals surface area (Å²) < 4.78 is 40.0. The van der Waals surface area contributed by atoms with Crippen LogP contribution >= 0.6 is 0 Å². The van der Waals surface area contributed by atoms with Crippen molar-refractivity contribution in [3.05, 3.63) is 48.0 Å². The van der Waals surface area contributed by atoms with Crippen molar-refractivity contribution < 1.29 is 27.8 Å². The molecule has 2 heterocycles. The number of β-amino-alcohol motifs (C(OH)–C–C–N with tert-alkyl or cyclic N) is 1. The minimum Gasteiger partial charge on any atom is -0.454 e. The second-order valence-corrected chi connectivity index (χ2v) is 15.2. The normalized spacial score (nSPS) is 23.1. The third kappa shape index (κ3) is 7.81. The fourth-order valence-electron chi connectivity index (χ4n) is 6.67. The molecule has 10 nitrogen and oxygen atoms in total. The van der Waals surface area contributed by atoms with Crippen LogP contribution in [0, 0.1) is 11.8 Å². The SMILES string of the molecule is CC(C)(C)NC(=O)[C@@H]1C[C@@H]2CCCC[C@@H]2CN1C[C@@H](O)CN(CCc1ccc2c(c1)OCO2)S(=O)(=O)c1cccc(N)c1. The molecular weight excluding hydrogens is 568 g/mol. The van der Waals surface area contributed by atoms with Crippen molar-refractivity contribution in [3.8, 4) is 11.5 Å². The second kappa shape index (κ2) is 13.0. The van der Waals surface area contributed by atoms with Crippen LogP contribution in [0.25, 0.3) is 0 Å². The predicted octanol–water partition coefficient (Wildman–Crippen LogP) is 3.39. The van der Waals surface area contributed by atoms with Crippen LogP contribution in [0.15, 0.2) is 47.4 Å². The molecule has 1 saturated heterocycles. The number of nitrogen functional groups attached to an aromatic ring is 1. The van der Waals surface area contributed by atoms with E-state index in [4.69, 9.17) is 15.2 Å². The number of ether oxygens (including phenoxy) is 2. The topological polar surface area (TPSA) is 134 Å². The van der Waals surface area contributed by atoms with Gasteiger partial charge >= 0.3 is 0 Å². The minimum absolute atomic E-state index is 0.0317. The molecular formula is C32H46N4O6S. The van der Waals surface area contributed by atoms with E-state index in [9.17, 15) is 18.3 Å². The Balaban J connectivity index is 1.34. The van der Waals surface area contributed by atoms with Crippen LogP contribution in [0.2, 0.25) is 0 Å². The van der Waals surface area contributed by atoms with E-state index in [1.54, 1.807) is 12.1 Å². The lowest BCUT2D eigenvalue weighted by Gasteiger charge is -2.46. The van der Waals surface area contributed by atoms with Gasteiger partial charge in [0.1, 0.15) is 0 Å². The summed E-state index contributed by atoms with van der Waals surface area (Å²) >= 11 is 0. The number of rotatable bonds is 10. The quantitative estimate of drug-likeness (QED) is 0.347. The van der Waals surface area contributed by atoms with E-state index in [2.05, 4.69) is 10.2 Å². The summed E-state index contributed by atoms with van der Waals surface area (Å²) in [5.74, 6) is 2.25. The van der Waals surface area contributed by atoms with Crippen molar-refractivity contribution in [2.75, 3.05) is 38.7 Å². The van der Waals surface area contributed by atoms with Crippen LogP contribution in [0.3, 0.4) is 0 Å². The smallest absolute Gasteiger partial charge is 0.243 e. The Morgan fingerprint density at radius 2 is 1.86 bits per heavy atom. The van der Waals surface area contributed by atoms with Crippen LogP contribution in [0.5, 0.6) is 11.5 Å². The number of nitrogens with two attached hydrogens (primary N) is 1. The van der Waals surface area contributed by atoms with Crippen molar-refractivity contribution in [1.29, 1.82) is 0 Å². The fraction of sp³-hybridized carbons (Fsp3) is 0.594. The molecule has 11 heteroatoms. The molecule has 1 saturated carbocycles. The molecule has 236 valence electrons. The van der Waals surface area contributed by atoms with Crippen molar-refractivity contribution in [2.45, 2.75) is 81.9 Å². The molecule has 0 aromatic heterocycles. The van der Waals surface area contributed by atoms with E-state index in [1.807, 2.05) is 39.0 Å². The monoisotopic (exact) mass is 614 g/mol. The number of aliphatic hydroxyl groups excluding tert-OH is 1. The molecule has 0 radical (unpaired) electrons. The number of aliphatic hydroxyl groups is 1. The summed E-state index contributed by atoms with van der Waals surface area (Å²) in [5, 5.41) is 14.6. The van der Waals surface area contributed by atoms with Gasteiger partial charge < -0.3 is 25.6 Å². The van der Waals surface area contributed by atoms with Crippen molar-refractivity contribution >= 4 is 21.6 Å². The van der Waals surface area contributed by atoms with Gasteiger partial charge in [0.05, 0.1) is 17.0 Å². The van der Waals surface area contributed by atoms with Gasteiger partial charge in [-0.15, -0.1) is 0 Å². The number of hydrogen-bond acceptors (Lipinski definition) is 8. The highest BCUT2D eigenvalue weighted by atomic mass is 32.2. The average Bonchev–Trinajstić information content (AvgIpc) is 3.42. The Morgan fingerprint density at radius 3 is 2.60 bits per heavy atom. The number of piperidine rings is 1. The van der Waals surface area contributed by atoms with Gasteiger partial charge in [0.2, 0.25) is 22.7 Å². The zero-order valence-corrected chi connectivity index (χ0v) is 26.3. The first-order valence-electron chi connectivity index (χ1n) is 15.4. The van der Waals surface area contributed by atoms with Gasteiger partial charge in [0.15, 0.2) is 11.5 Å². The van der Waals surface area contributed by atoms with Crippen molar-refractivity contribution in [3.63, 3.8) is 0 Å². The molecule has 3 aliphatic rings. The first kappa shape index (κ1) is 31.6. The first-order valence-corrected chi connectivity index (χ1v) is 16.8. The molecule has 2 aliphatic heterocycles. The van der Waals surface area contributed by atoms with Crippen LogP contribution in [-0.2, 0) is 21.2 Å². The van der Waals surface area contributed by atoms with E-state index >= 15 is 0 Å². The minimum atomic E-state index is -3.97. The molecule has 5 rings (SSSR count). The standard InChI is InChI=1S/C32H46N4O6S/c1-32(2,3)34-31(38)28-16-23-7-4-5-8-24(23)18-35(28)19-26(37)20-36(43(39,40)27-10-6-9-25(33)17-27)14-13-22-11-12-29-30(15-22)42-21-41-29/h6,9-12,15,17,23-24,26,28,37H,4-5,7-8,13-14,16,18-21,33H2,1-3H3,(H,34,38)/t23-,24+,26+,28-/m0/s1. The Bertz CT molecular complexity index is 1390. The Morgan fingerprint density at radius 1 is 1.12 bits per heavy atom. The molecule has 4 atom stereocenters. The summed E-state index contributed by atoms with van der Waals surface area (Å²) in [6.45, 7) is 7.03. The zero-order chi connectivity index (χ0) is 30.8. The molecule has 43 heavy (non-hydrogen) atoms. The number of sulfonamides is 1. The lowest BCUT2D eigenvalue weighted by molar-refractivity contribution is -0.132. The molecule has 0 spiro atoms. The predicted molar refractivity (Wildman–Crippen MR) is 165 cm³/mol. The highest BCUT2D eigenvalue weighted by Crippen LogP contribution is 2.39. The van der Waals surface area contributed by atoms with Gasteiger partial charge in [0.25, 0.3) is 0 Å². The highest BCUT2D eigenvalue weighted by molar-refractivity contribution is 7.89. The number of fused-ring (bicyclic) bond motifs is 2. The number of nitrogens with zero attached hydrogens (tertiary/aromatic N) is 2. The second-order valence-electron chi connectivity index (χ2n) is 13.3. The summed E-state index contributed by atoms with van der Waals surface area (Å²) in [6, 6.07) is 11.4. The number of hydrogen-bond donors (Lipinski definition) is 3. The number of likely N-dealkylation sites (tertiary alicyclic amines) is 1. The maximum Gasteiger partial charge on any atom is 0.243 e. The van der Waals surface area contributed by atoms with E-state index in [0.29, 0.717) is 35.4 Å². The lowest BCUT2D eigenvalue weighted by atomic mass is 9.72. The van der Waals surface area contributed by atoms with E-state index < -0.39 is 16.1 Å². The summed E-state index contributed by atoms with van der Waals surface area (Å²) in [6.07, 6.45) is 4.80. The van der Waals surface area contributed by atoms with Crippen molar-refractivity contribution in [1.82, 2.24) is 14.5 Å². The maximum atomic E-state index is 13.9. The molecule has 4 N–H and O–H groups in total. The van der Waals surface area contributed by atoms with E-state index in [1.165, 1.54) is 29.3 Å². The number of benzene rings is 2. The van der Waals surface area contributed by atoms with Crippen LogP contribution in [0.4, 0.5) is 5.69 Å². The number of anilines is 1. The lowest BCUT2D eigenvalue weighted by Crippen LogP contribution is -2.59. The number of carbonyl (C=O) groups is 1. The number of amides is 1. The van der Waals surface area contributed by atoms with Gasteiger partial charge in [0, 0.05) is 37.4 Å². The largest absolute Gasteiger partial charge is 0.454 e. The van der Waals surface area contributed by atoms with Gasteiger partial charge in [-0.1, -0.05) is 31.4 Å².